The molecule has 27 heavy (non-hydrogen) atoms. The van der Waals surface area contributed by atoms with Crippen molar-refractivity contribution in [3.05, 3.63) is 59.2 Å². The minimum absolute atomic E-state index is 0.153. The van der Waals surface area contributed by atoms with Crippen LogP contribution in [0.15, 0.2) is 47.4 Å². The van der Waals surface area contributed by atoms with Gasteiger partial charge in [-0.15, -0.1) is 0 Å². The number of benzene rings is 2. The third-order valence-electron chi connectivity index (χ3n) is 4.83. The molecule has 1 aliphatic rings. The summed E-state index contributed by atoms with van der Waals surface area (Å²) in [4.78, 5) is 14.9. The average Bonchev–Trinajstić information content (AvgIpc) is 2.64. The van der Waals surface area contributed by atoms with Crippen molar-refractivity contribution in [2.45, 2.75) is 18.7 Å². The molecule has 3 rings (SSSR count). The first-order chi connectivity index (χ1) is 12.8. The zero-order chi connectivity index (χ0) is 19.6. The molecule has 1 N–H and O–H groups in total. The van der Waals surface area contributed by atoms with Gasteiger partial charge in [0.05, 0.1) is 4.90 Å². The third kappa shape index (κ3) is 4.37. The molecular formula is C20H25N3O3S. The van der Waals surface area contributed by atoms with Crippen LogP contribution in [0.1, 0.15) is 21.5 Å². The lowest BCUT2D eigenvalue weighted by Gasteiger charge is -2.31. The number of anilines is 1. The van der Waals surface area contributed by atoms with Crippen LogP contribution in [-0.2, 0) is 10.0 Å². The molecule has 1 saturated heterocycles. The highest BCUT2D eigenvalue weighted by Crippen LogP contribution is 2.21. The van der Waals surface area contributed by atoms with Gasteiger partial charge in [-0.05, 0) is 50.7 Å². The molecule has 0 unspecified atom stereocenters. The SMILES string of the molecule is Cc1ccc(NC(=O)c2cccc(S(=O)(=O)N3CCN(C)CC3)c2)c(C)c1. The molecule has 2 aromatic rings. The van der Waals surface area contributed by atoms with E-state index < -0.39 is 10.0 Å². The van der Waals surface area contributed by atoms with E-state index >= 15 is 0 Å². The van der Waals surface area contributed by atoms with Crippen molar-refractivity contribution >= 4 is 21.6 Å². The number of likely N-dealkylation sites (N-methyl/N-ethyl adjacent to an activating group) is 1. The van der Waals surface area contributed by atoms with Crippen LogP contribution in [0.3, 0.4) is 0 Å². The summed E-state index contributed by atoms with van der Waals surface area (Å²) in [6.45, 7) is 6.23. The van der Waals surface area contributed by atoms with E-state index in [-0.39, 0.29) is 10.8 Å². The van der Waals surface area contributed by atoms with Crippen LogP contribution in [0.25, 0.3) is 0 Å². The van der Waals surface area contributed by atoms with Crippen LogP contribution in [0, 0.1) is 13.8 Å². The lowest BCUT2D eigenvalue weighted by molar-refractivity contribution is 0.102. The fourth-order valence-electron chi connectivity index (χ4n) is 3.12. The van der Waals surface area contributed by atoms with Gasteiger partial charge in [-0.1, -0.05) is 23.8 Å². The Hall–Kier alpha value is -2.22. The molecule has 0 saturated carbocycles. The predicted octanol–water partition coefficient (Wildman–Crippen LogP) is 2.49. The highest BCUT2D eigenvalue weighted by atomic mass is 32.2. The number of rotatable bonds is 4. The number of carbonyl (C=O) groups excluding carboxylic acids is 1. The largest absolute Gasteiger partial charge is 0.322 e. The molecule has 0 atom stereocenters. The van der Waals surface area contributed by atoms with E-state index in [1.807, 2.05) is 39.1 Å². The van der Waals surface area contributed by atoms with Crippen LogP contribution >= 0.6 is 0 Å². The number of hydrogen-bond acceptors (Lipinski definition) is 4. The van der Waals surface area contributed by atoms with Crippen molar-refractivity contribution in [3.63, 3.8) is 0 Å². The molecule has 0 bridgehead atoms. The second-order valence-corrected chi connectivity index (χ2v) is 8.95. The Morgan fingerprint density at radius 3 is 2.37 bits per heavy atom. The first kappa shape index (κ1) is 19.5. The quantitative estimate of drug-likeness (QED) is 0.875. The highest BCUT2D eigenvalue weighted by Gasteiger charge is 2.28. The van der Waals surface area contributed by atoms with Crippen LogP contribution in [0.2, 0.25) is 0 Å². The van der Waals surface area contributed by atoms with Gasteiger partial charge in [0.25, 0.3) is 5.91 Å². The van der Waals surface area contributed by atoms with Crippen molar-refractivity contribution < 1.29 is 13.2 Å². The van der Waals surface area contributed by atoms with E-state index in [0.29, 0.717) is 31.7 Å². The lowest BCUT2D eigenvalue weighted by Crippen LogP contribution is -2.47. The van der Waals surface area contributed by atoms with Gasteiger partial charge in [-0.3, -0.25) is 4.79 Å². The number of aryl methyl sites for hydroxylation is 2. The van der Waals surface area contributed by atoms with E-state index in [9.17, 15) is 13.2 Å². The summed E-state index contributed by atoms with van der Waals surface area (Å²) in [6, 6.07) is 12.0. The van der Waals surface area contributed by atoms with E-state index in [1.165, 1.54) is 10.4 Å². The maximum absolute atomic E-state index is 12.9. The molecule has 6 nitrogen and oxygen atoms in total. The van der Waals surface area contributed by atoms with Crippen LogP contribution < -0.4 is 5.32 Å². The molecular weight excluding hydrogens is 362 g/mol. The van der Waals surface area contributed by atoms with Crippen molar-refractivity contribution in [1.29, 1.82) is 0 Å². The molecule has 144 valence electrons. The molecule has 0 radical (unpaired) electrons. The summed E-state index contributed by atoms with van der Waals surface area (Å²) in [6.07, 6.45) is 0. The monoisotopic (exact) mass is 387 g/mol. The zero-order valence-corrected chi connectivity index (χ0v) is 16.7. The Kier molecular flexibility index (Phi) is 5.64. The summed E-state index contributed by atoms with van der Waals surface area (Å²) in [5.74, 6) is -0.322. The van der Waals surface area contributed by atoms with Crippen LogP contribution in [0.5, 0.6) is 0 Å². The Labute approximate surface area is 160 Å². The Balaban J connectivity index is 1.81. The summed E-state index contributed by atoms with van der Waals surface area (Å²) in [5.41, 5.74) is 3.12. The molecule has 1 heterocycles. The van der Waals surface area contributed by atoms with Gasteiger partial charge in [0.15, 0.2) is 0 Å². The molecule has 7 heteroatoms. The Morgan fingerprint density at radius 1 is 1.00 bits per heavy atom. The van der Waals surface area contributed by atoms with E-state index in [1.54, 1.807) is 18.2 Å². The average molecular weight is 388 g/mol. The number of hydrogen-bond donors (Lipinski definition) is 1. The van der Waals surface area contributed by atoms with Crippen LogP contribution in [0.4, 0.5) is 5.69 Å². The number of sulfonamides is 1. The topological polar surface area (TPSA) is 69.7 Å². The number of nitrogens with zero attached hydrogens (tertiary/aromatic N) is 2. The number of carbonyl (C=O) groups is 1. The zero-order valence-electron chi connectivity index (χ0n) is 15.9. The Morgan fingerprint density at radius 2 is 1.70 bits per heavy atom. The molecule has 1 amide bonds. The van der Waals surface area contributed by atoms with E-state index in [0.717, 1.165) is 16.8 Å². The highest BCUT2D eigenvalue weighted by molar-refractivity contribution is 7.89. The number of amides is 1. The van der Waals surface area contributed by atoms with Gasteiger partial charge in [0.2, 0.25) is 10.0 Å². The van der Waals surface area contributed by atoms with Crippen molar-refractivity contribution in [1.82, 2.24) is 9.21 Å². The van der Waals surface area contributed by atoms with Crippen molar-refractivity contribution in [2.75, 3.05) is 38.5 Å². The molecule has 1 aliphatic heterocycles. The van der Waals surface area contributed by atoms with E-state index in [2.05, 4.69) is 10.2 Å². The normalized spacial score (nSPS) is 16.3. The van der Waals surface area contributed by atoms with Gasteiger partial charge >= 0.3 is 0 Å². The van der Waals surface area contributed by atoms with E-state index in [4.69, 9.17) is 0 Å². The second kappa shape index (κ2) is 7.80. The fourth-order valence-corrected chi connectivity index (χ4v) is 4.59. The first-order valence-corrected chi connectivity index (χ1v) is 10.4. The molecule has 0 spiro atoms. The summed E-state index contributed by atoms with van der Waals surface area (Å²) in [7, 11) is -1.63. The fraction of sp³-hybridized carbons (Fsp3) is 0.350. The Bertz CT molecular complexity index is 949. The number of piperazine rings is 1. The second-order valence-electron chi connectivity index (χ2n) is 7.01. The van der Waals surface area contributed by atoms with Gasteiger partial charge in [0.1, 0.15) is 0 Å². The smallest absolute Gasteiger partial charge is 0.255 e. The van der Waals surface area contributed by atoms with Gasteiger partial charge in [0, 0.05) is 37.4 Å². The first-order valence-electron chi connectivity index (χ1n) is 8.95. The van der Waals surface area contributed by atoms with Crippen LogP contribution in [-0.4, -0.2) is 56.8 Å². The summed E-state index contributed by atoms with van der Waals surface area (Å²) < 4.78 is 27.3. The van der Waals surface area contributed by atoms with Crippen molar-refractivity contribution in [3.8, 4) is 0 Å². The summed E-state index contributed by atoms with van der Waals surface area (Å²) in [5, 5.41) is 2.86. The predicted molar refractivity (Wildman–Crippen MR) is 107 cm³/mol. The summed E-state index contributed by atoms with van der Waals surface area (Å²) >= 11 is 0. The standard InChI is InChI=1S/C20H25N3O3S/c1-15-7-8-19(16(2)13-15)21-20(24)17-5-4-6-18(14-17)27(25,26)23-11-9-22(3)10-12-23/h4-8,13-14H,9-12H2,1-3H3,(H,21,24). The molecule has 0 aromatic heterocycles. The van der Waals surface area contributed by atoms with Gasteiger partial charge in [-0.2, -0.15) is 4.31 Å². The number of nitrogens with one attached hydrogen (secondary N) is 1. The minimum atomic E-state index is -3.60. The van der Waals surface area contributed by atoms with Gasteiger partial charge < -0.3 is 10.2 Å². The maximum Gasteiger partial charge on any atom is 0.255 e. The minimum Gasteiger partial charge on any atom is -0.322 e. The molecule has 2 aromatic carbocycles. The van der Waals surface area contributed by atoms with Gasteiger partial charge in [-0.25, -0.2) is 8.42 Å². The molecule has 1 fully saturated rings. The lowest BCUT2D eigenvalue weighted by atomic mass is 10.1. The molecule has 0 aliphatic carbocycles. The van der Waals surface area contributed by atoms with Crippen molar-refractivity contribution in [2.24, 2.45) is 0 Å². The maximum atomic E-state index is 12.9. The third-order valence-corrected chi connectivity index (χ3v) is 6.72.